The van der Waals surface area contributed by atoms with Gasteiger partial charge >= 0.3 is 0 Å². The summed E-state index contributed by atoms with van der Waals surface area (Å²) in [6.07, 6.45) is 2.01. The zero-order valence-corrected chi connectivity index (χ0v) is 13.8. The molecule has 0 spiro atoms. The minimum absolute atomic E-state index is 0.0902. The Bertz CT molecular complexity index is 943. The predicted molar refractivity (Wildman–Crippen MR) is 89.9 cm³/mol. The fourth-order valence-electron chi connectivity index (χ4n) is 2.77. The number of nitrogens with zero attached hydrogens (tertiary/aromatic N) is 2. The van der Waals surface area contributed by atoms with Gasteiger partial charge in [-0.15, -0.1) is 0 Å². The third-order valence-corrected chi connectivity index (χ3v) is 4.02. The summed E-state index contributed by atoms with van der Waals surface area (Å²) in [5.41, 5.74) is 3.11. The Balaban J connectivity index is 2.20. The molecule has 0 saturated heterocycles. The van der Waals surface area contributed by atoms with Crippen molar-refractivity contribution in [3.8, 4) is 22.6 Å². The molecule has 0 saturated carbocycles. The second-order valence-corrected chi connectivity index (χ2v) is 5.37. The molecule has 3 aromatic rings. The SMILES string of the molecule is COc1ccc(-c2c[nH]n3c(=O)c(CCO)c(C)nc23)cc1OC. The van der Waals surface area contributed by atoms with E-state index in [9.17, 15) is 4.79 Å². The summed E-state index contributed by atoms with van der Waals surface area (Å²) in [5.74, 6) is 1.23. The van der Waals surface area contributed by atoms with Crippen molar-refractivity contribution < 1.29 is 14.6 Å². The minimum Gasteiger partial charge on any atom is -0.493 e. The van der Waals surface area contributed by atoms with E-state index in [-0.39, 0.29) is 18.6 Å². The van der Waals surface area contributed by atoms with E-state index in [0.29, 0.717) is 28.4 Å². The molecule has 2 aromatic heterocycles. The van der Waals surface area contributed by atoms with Crippen molar-refractivity contribution in [3.05, 3.63) is 46.0 Å². The average Bonchev–Trinajstić information content (AvgIpc) is 3.01. The lowest BCUT2D eigenvalue weighted by Crippen LogP contribution is -2.22. The highest BCUT2D eigenvalue weighted by atomic mass is 16.5. The molecular weight excluding hydrogens is 310 g/mol. The summed E-state index contributed by atoms with van der Waals surface area (Å²) in [7, 11) is 3.15. The van der Waals surface area contributed by atoms with Gasteiger partial charge < -0.3 is 14.6 Å². The topological polar surface area (TPSA) is 88.9 Å². The summed E-state index contributed by atoms with van der Waals surface area (Å²) in [5, 5.41) is 12.1. The predicted octanol–water partition coefficient (Wildman–Crippen LogP) is 1.55. The molecule has 7 nitrogen and oxygen atoms in total. The lowest BCUT2D eigenvalue weighted by Gasteiger charge is -2.09. The van der Waals surface area contributed by atoms with E-state index < -0.39 is 0 Å². The molecule has 126 valence electrons. The second kappa shape index (κ2) is 6.37. The van der Waals surface area contributed by atoms with E-state index in [0.717, 1.165) is 11.1 Å². The first-order valence-corrected chi connectivity index (χ1v) is 7.53. The van der Waals surface area contributed by atoms with Crippen LogP contribution in [0.1, 0.15) is 11.3 Å². The summed E-state index contributed by atoms with van der Waals surface area (Å²) in [6, 6.07) is 5.53. The smallest absolute Gasteiger partial charge is 0.276 e. The molecule has 2 heterocycles. The van der Waals surface area contributed by atoms with Gasteiger partial charge in [0.05, 0.1) is 14.2 Å². The first-order valence-electron chi connectivity index (χ1n) is 7.53. The summed E-state index contributed by atoms with van der Waals surface area (Å²) >= 11 is 0. The van der Waals surface area contributed by atoms with Gasteiger partial charge in [0, 0.05) is 36.0 Å². The molecule has 0 atom stereocenters. The molecule has 1 aromatic carbocycles. The highest BCUT2D eigenvalue weighted by molar-refractivity contribution is 5.78. The first kappa shape index (κ1) is 16.1. The van der Waals surface area contributed by atoms with Crippen LogP contribution in [0.25, 0.3) is 16.8 Å². The van der Waals surface area contributed by atoms with Gasteiger partial charge in [0.25, 0.3) is 5.56 Å². The van der Waals surface area contributed by atoms with Crippen LogP contribution >= 0.6 is 0 Å². The molecule has 24 heavy (non-hydrogen) atoms. The van der Waals surface area contributed by atoms with Crippen LogP contribution in [0.15, 0.2) is 29.2 Å². The van der Waals surface area contributed by atoms with Crippen molar-refractivity contribution in [3.63, 3.8) is 0 Å². The van der Waals surface area contributed by atoms with E-state index in [2.05, 4.69) is 10.1 Å². The zero-order valence-electron chi connectivity index (χ0n) is 13.8. The maximum absolute atomic E-state index is 12.5. The van der Waals surface area contributed by atoms with Gasteiger partial charge in [-0.05, 0) is 24.6 Å². The average molecular weight is 329 g/mol. The van der Waals surface area contributed by atoms with Crippen molar-refractivity contribution >= 4 is 5.65 Å². The van der Waals surface area contributed by atoms with Gasteiger partial charge in [-0.1, -0.05) is 6.07 Å². The van der Waals surface area contributed by atoms with Gasteiger partial charge in [-0.25, -0.2) is 9.50 Å². The molecule has 0 bridgehead atoms. The number of aromatic nitrogens is 3. The molecule has 0 fully saturated rings. The van der Waals surface area contributed by atoms with E-state index in [4.69, 9.17) is 14.6 Å². The summed E-state index contributed by atoms with van der Waals surface area (Å²) in [4.78, 5) is 17.1. The maximum atomic E-state index is 12.5. The number of hydrogen-bond donors (Lipinski definition) is 2. The Kier molecular flexibility index (Phi) is 4.26. The van der Waals surface area contributed by atoms with Gasteiger partial charge in [0.2, 0.25) is 0 Å². The number of rotatable bonds is 5. The lowest BCUT2D eigenvalue weighted by molar-refractivity contribution is 0.298. The number of aromatic amines is 1. The van der Waals surface area contributed by atoms with Crippen LogP contribution in [0, 0.1) is 6.92 Å². The van der Waals surface area contributed by atoms with Crippen LogP contribution in [0.4, 0.5) is 0 Å². The largest absolute Gasteiger partial charge is 0.493 e. The summed E-state index contributed by atoms with van der Waals surface area (Å²) < 4.78 is 12.0. The number of fused-ring (bicyclic) bond motifs is 1. The minimum atomic E-state index is -0.196. The Hall–Kier alpha value is -2.80. The molecule has 0 unspecified atom stereocenters. The number of methoxy groups -OCH3 is 2. The normalized spacial score (nSPS) is 11.0. The Morgan fingerprint density at radius 3 is 2.67 bits per heavy atom. The van der Waals surface area contributed by atoms with Crippen LogP contribution in [0.5, 0.6) is 11.5 Å². The summed E-state index contributed by atoms with van der Waals surface area (Å²) in [6.45, 7) is 1.69. The van der Waals surface area contributed by atoms with Crippen LogP contribution in [-0.4, -0.2) is 40.5 Å². The maximum Gasteiger partial charge on any atom is 0.276 e. The van der Waals surface area contributed by atoms with Gasteiger partial charge in [0.15, 0.2) is 17.1 Å². The quantitative estimate of drug-likeness (QED) is 0.741. The highest BCUT2D eigenvalue weighted by Gasteiger charge is 2.15. The molecule has 7 heteroatoms. The number of hydrogen-bond acceptors (Lipinski definition) is 5. The molecule has 0 aliphatic carbocycles. The Morgan fingerprint density at radius 2 is 2.00 bits per heavy atom. The second-order valence-electron chi connectivity index (χ2n) is 5.37. The monoisotopic (exact) mass is 329 g/mol. The Morgan fingerprint density at radius 1 is 1.25 bits per heavy atom. The number of H-pyrrole nitrogens is 1. The van der Waals surface area contributed by atoms with Crippen molar-refractivity contribution in [2.45, 2.75) is 13.3 Å². The number of ether oxygens (including phenoxy) is 2. The van der Waals surface area contributed by atoms with E-state index >= 15 is 0 Å². The van der Waals surface area contributed by atoms with Crippen LogP contribution in [0.2, 0.25) is 0 Å². The zero-order chi connectivity index (χ0) is 17.3. The number of nitrogens with one attached hydrogen (secondary N) is 1. The van der Waals surface area contributed by atoms with Crippen LogP contribution in [-0.2, 0) is 6.42 Å². The van der Waals surface area contributed by atoms with Crippen LogP contribution in [0.3, 0.4) is 0 Å². The van der Waals surface area contributed by atoms with Crippen molar-refractivity contribution in [2.75, 3.05) is 20.8 Å². The number of benzene rings is 1. The molecule has 0 aliphatic rings. The standard InChI is InChI=1S/C17H19N3O4/c1-10-12(6-7-21)17(22)20-16(19-10)13(9-18-20)11-4-5-14(23-2)15(8-11)24-3/h4-5,8-9,18,21H,6-7H2,1-3H3. The van der Waals surface area contributed by atoms with Crippen molar-refractivity contribution in [1.82, 2.24) is 14.6 Å². The fourth-order valence-corrected chi connectivity index (χ4v) is 2.77. The van der Waals surface area contributed by atoms with E-state index in [1.807, 2.05) is 18.2 Å². The van der Waals surface area contributed by atoms with E-state index in [1.54, 1.807) is 27.3 Å². The third kappa shape index (κ3) is 2.52. The first-order chi connectivity index (χ1) is 11.6. The highest BCUT2D eigenvalue weighted by Crippen LogP contribution is 2.33. The van der Waals surface area contributed by atoms with Gasteiger partial charge in [-0.2, -0.15) is 0 Å². The molecule has 0 aliphatic heterocycles. The third-order valence-electron chi connectivity index (χ3n) is 4.02. The van der Waals surface area contributed by atoms with Gasteiger partial charge in [0.1, 0.15) is 0 Å². The number of aliphatic hydroxyl groups is 1. The number of aliphatic hydroxyl groups excluding tert-OH is 1. The lowest BCUT2D eigenvalue weighted by atomic mass is 10.1. The molecule has 0 amide bonds. The van der Waals surface area contributed by atoms with Crippen molar-refractivity contribution in [1.29, 1.82) is 0 Å². The molecule has 0 radical (unpaired) electrons. The number of aryl methyl sites for hydroxylation is 1. The Labute approximate surface area is 138 Å². The molecule has 3 rings (SSSR count). The molecule has 2 N–H and O–H groups in total. The van der Waals surface area contributed by atoms with Crippen molar-refractivity contribution in [2.24, 2.45) is 0 Å². The van der Waals surface area contributed by atoms with E-state index in [1.165, 1.54) is 4.52 Å². The van der Waals surface area contributed by atoms with Crippen LogP contribution < -0.4 is 15.0 Å². The fraction of sp³-hybridized carbons (Fsp3) is 0.294. The molecular formula is C17H19N3O4. The van der Waals surface area contributed by atoms with Gasteiger partial charge in [-0.3, -0.25) is 9.89 Å².